The summed E-state index contributed by atoms with van der Waals surface area (Å²) in [6.07, 6.45) is 5.95. The lowest BCUT2D eigenvalue weighted by Gasteiger charge is -2.44. The Kier molecular flexibility index (Phi) is 5.31. The molecule has 2 fully saturated rings. The minimum Gasteiger partial charge on any atom is -0.435 e. The first-order valence-corrected chi connectivity index (χ1v) is 9.32. The molecule has 0 unspecified atom stereocenters. The van der Waals surface area contributed by atoms with E-state index in [0.29, 0.717) is 18.1 Å². The van der Waals surface area contributed by atoms with Crippen LogP contribution in [0.3, 0.4) is 0 Å². The fraction of sp³-hybridized carbons (Fsp3) is 0.611. The molecule has 1 aliphatic carbocycles. The molecule has 1 spiro atoms. The monoisotopic (exact) mass is 379 g/mol. The Morgan fingerprint density at radius 3 is 2.67 bits per heavy atom. The Morgan fingerprint density at radius 2 is 1.93 bits per heavy atom. The highest BCUT2D eigenvalue weighted by Crippen LogP contribution is 2.34. The van der Waals surface area contributed by atoms with E-state index in [1.54, 1.807) is 16.8 Å². The summed E-state index contributed by atoms with van der Waals surface area (Å²) in [7, 11) is 0. The maximum Gasteiger partial charge on any atom is 0.387 e. The largest absolute Gasteiger partial charge is 0.435 e. The van der Waals surface area contributed by atoms with Gasteiger partial charge in [-0.05, 0) is 47.5 Å². The van der Waals surface area contributed by atoms with Gasteiger partial charge in [0.1, 0.15) is 5.75 Å². The van der Waals surface area contributed by atoms with E-state index >= 15 is 0 Å². The highest BCUT2D eigenvalue weighted by molar-refractivity contribution is 5.37. The van der Waals surface area contributed by atoms with E-state index in [2.05, 4.69) is 25.2 Å². The molecule has 2 heterocycles. The van der Waals surface area contributed by atoms with Crippen LogP contribution >= 0.6 is 0 Å². The lowest BCUT2D eigenvalue weighted by atomic mass is 9.83. The van der Waals surface area contributed by atoms with Crippen LogP contribution in [0, 0.1) is 0 Å². The lowest BCUT2D eigenvalue weighted by Crippen LogP contribution is -2.52. The summed E-state index contributed by atoms with van der Waals surface area (Å²) in [5, 5.41) is 12.0. The van der Waals surface area contributed by atoms with E-state index in [1.807, 2.05) is 0 Å². The Morgan fingerprint density at radius 1 is 1.15 bits per heavy atom. The number of hydrogen-bond acceptors (Lipinski definition) is 6. The predicted octanol–water partition coefficient (Wildman–Crippen LogP) is 2.80. The minimum absolute atomic E-state index is 0.0248. The van der Waals surface area contributed by atoms with E-state index in [0.717, 1.165) is 32.5 Å². The fourth-order valence-corrected chi connectivity index (χ4v) is 4.03. The Balaban J connectivity index is 1.45. The van der Waals surface area contributed by atoms with Gasteiger partial charge in [0.15, 0.2) is 5.82 Å². The standard InChI is InChI=1S/C18H23F2N5O2/c19-17(20)27-15-6-4-14(5-7-15)25-16(21-22-23-25)12-24-10-11-26-18(13-24)8-2-1-3-9-18/h4-7,17H,1-3,8-13H2. The third kappa shape index (κ3) is 4.24. The molecule has 1 saturated heterocycles. The molecule has 1 saturated carbocycles. The van der Waals surface area contributed by atoms with Crippen LogP contribution in [0.1, 0.15) is 37.9 Å². The number of tetrazole rings is 1. The number of halogens is 2. The topological polar surface area (TPSA) is 65.3 Å². The average Bonchev–Trinajstić information content (AvgIpc) is 3.11. The second-order valence-electron chi connectivity index (χ2n) is 7.18. The first kappa shape index (κ1) is 18.2. The van der Waals surface area contributed by atoms with Crippen molar-refractivity contribution in [2.75, 3.05) is 19.7 Å². The molecule has 2 aliphatic rings. The number of benzene rings is 1. The molecule has 0 bridgehead atoms. The normalized spacial score (nSPS) is 20.3. The first-order chi connectivity index (χ1) is 13.1. The van der Waals surface area contributed by atoms with Crippen molar-refractivity contribution in [2.45, 2.75) is 50.9 Å². The van der Waals surface area contributed by atoms with Gasteiger partial charge in [0.05, 0.1) is 24.4 Å². The Labute approximate surface area is 156 Å². The Bertz CT molecular complexity index is 741. The van der Waals surface area contributed by atoms with Gasteiger partial charge in [0, 0.05) is 13.1 Å². The van der Waals surface area contributed by atoms with Gasteiger partial charge in [-0.25, -0.2) is 0 Å². The number of nitrogens with zero attached hydrogens (tertiary/aromatic N) is 5. The van der Waals surface area contributed by atoms with Crippen LogP contribution in [0.25, 0.3) is 5.69 Å². The Hall–Kier alpha value is -2.13. The number of hydrogen-bond donors (Lipinski definition) is 0. The van der Waals surface area contributed by atoms with Gasteiger partial charge < -0.3 is 9.47 Å². The van der Waals surface area contributed by atoms with Crippen LogP contribution in [-0.4, -0.2) is 57.0 Å². The highest BCUT2D eigenvalue weighted by atomic mass is 19.3. The summed E-state index contributed by atoms with van der Waals surface area (Å²) < 4.78 is 36.7. The van der Waals surface area contributed by atoms with Crippen molar-refractivity contribution in [1.29, 1.82) is 0 Å². The molecular weight excluding hydrogens is 356 g/mol. The zero-order chi connectivity index (χ0) is 18.7. The van der Waals surface area contributed by atoms with E-state index in [-0.39, 0.29) is 11.4 Å². The van der Waals surface area contributed by atoms with Gasteiger partial charge in [-0.1, -0.05) is 19.3 Å². The zero-order valence-electron chi connectivity index (χ0n) is 15.1. The second kappa shape index (κ2) is 7.85. The second-order valence-corrected chi connectivity index (χ2v) is 7.18. The molecule has 146 valence electrons. The van der Waals surface area contributed by atoms with E-state index < -0.39 is 6.61 Å². The molecule has 1 aromatic heterocycles. The van der Waals surface area contributed by atoms with Crippen molar-refractivity contribution >= 4 is 0 Å². The molecule has 1 aliphatic heterocycles. The van der Waals surface area contributed by atoms with Crippen molar-refractivity contribution in [3.8, 4) is 11.4 Å². The summed E-state index contributed by atoms with van der Waals surface area (Å²) in [5.74, 6) is 0.821. The summed E-state index contributed by atoms with van der Waals surface area (Å²) in [6.45, 7) is 0.235. The summed E-state index contributed by atoms with van der Waals surface area (Å²) in [4.78, 5) is 2.34. The number of rotatable bonds is 5. The molecule has 9 heteroatoms. The van der Waals surface area contributed by atoms with Crippen LogP contribution in [-0.2, 0) is 11.3 Å². The van der Waals surface area contributed by atoms with E-state index in [9.17, 15) is 8.78 Å². The molecule has 7 nitrogen and oxygen atoms in total. The van der Waals surface area contributed by atoms with Gasteiger partial charge in [-0.2, -0.15) is 13.5 Å². The predicted molar refractivity (Wildman–Crippen MR) is 92.8 cm³/mol. The lowest BCUT2D eigenvalue weighted by molar-refractivity contribution is -0.129. The smallest absolute Gasteiger partial charge is 0.387 e. The highest BCUT2D eigenvalue weighted by Gasteiger charge is 2.38. The third-order valence-electron chi connectivity index (χ3n) is 5.30. The molecule has 1 aromatic carbocycles. The summed E-state index contributed by atoms with van der Waals surface area (Å²) in [6, 6.07) is 6.30. The molecule has 2 aromatic rings. The van der Waals surface area contributed by atoms with Crippen LogP contribution < -0.4 is 4.74 Å². The minimum atomic E-state index is -2.84. The maximum absolute atomic E-state index is 12.3. The number of aromatic nitrogens is 4. The van der Waals surface area contributed by atoms with Gasteiger partial charge in [0.25, 0.3) is 0 Å². The fourth-order valence-electron chi connectivity index (χ4n) is 4.03. The molecule has 27 heavy (non-hydrogen) atoms. The summed E-state index contributed by atoms with van der Waals surface area (Å²) in [5.41, 5.74) is 0.681. The maximum atomic E-state index is 12.3. The molecular formula is C18H23F2N5O2. The zero-order valence-corrected chi connectivity index (χ0v) is 15.1. The molecule has 4 rings (SSSR count). The van der Waals surface area contributed by atoms with Crippen LogP contribution in [0.15, 0.2) is 24.3 Å². The quantitative estimate of drug-likeness (QED) is 0.796. The van der Waals surface area contributed by atoms with Crippen molar-refractivity contribution in [1.82, 2.24) is 25.1 Å². The van der Waals surface area contributed by atoms with Crippen molar-refractivity contribution in [2.24, 2.45) is 0 Å². The number of morpholine rings is 1. The van der Waals surface area contributed by atoms with Crippen molar-refractivity contribution in [3.05, 3.63) is 30.1 Å². The third-order valence-corrected chi connectivity index (χ3v) is 5.30. The number of alkyl halides is 2. The van der Waals surface area contributed by atoms with Crippen LogP contribution in [0.5, 0.6) is 5.75 Å². The first-order valence-electron chi connectivity index (χ1n) is 9.32. The SMILES string of the molecule is FC(F)Oc1ccc(-n2nnnc2CN2CCOC3(CCCCC3)C2)cc1. The van der Waals surface area contributed by atoms with E-state index in [4.69, 9.17) is 4.74 Å². The van der Waals surface area contributed by atoms with E-state index in [1.165, 1.54) is 31.4 Å². The average molecular weight is 379 g/mol. The van der Waals surface area contributed by atoms with Crippen LogP contribution in [0.2, 0.25) is 0 Å². The number of ether oxygens (including phenoxy) is 2. The molecule has 0 atom stereocenters. The van der Waals surface area contributed by atoms with Crippen molar-refractivity contribution in [3.63, 3.8) is 0 Å². The molecule has 0 radical (unpaired) electrons. The molecule has 0 amide bonds. The van der Waals surface area contributed by atoms with Gasteiger partial charge in [0.2, 0.25) is 0 Å². The van der Waals surface area contributed by atoms with Crippen molar-refractivity contribution < 1.29 is 18.3 Å². The van der Waals surface area contributed by atoms with Crippen LogP contribution in [0.4, 0.5) is 8.78 Å². The van der Waals surface area contributed by atoms with Gasteiger partial charge >= 0.3 is 6.61 Å². The van der Waals surface area contributed by atoms with Gasteiger partial charge in [-0.15, -0.1) is 5.10 Å². The molecule has 0 N–H and O–H groups in total. The van der Waals surface area contributed by atoms with Gasteiger partial charge in [-0.3, -0.25) is 4.90 Å². The summed E-state index contributed by atoms with van der Waals surface area (Å²) >= 11 is 0.